The second-order valence-electron chi connectivity index (χ2n) is 3.94. The van der Waals surface area contributed by atoms with E-state index in [-0.39, 0.29) is 3.55 Å². The Morgan fingerprint density at radius 2 is 2.07 bits per heavy atom. The van der Waals surface area contributed by atoms with Crippen LogP contribution in [0.25, 0.3) is 0 Å². The number of hydrogen-bond acceptors (Lipinski definition) is 2. The van der Waals surface area contributed by atoms with Gasteiger partial charge in [0.15, 0.2) is 0 Å². The Morgan fingerprint density at radius 3 is 2.53 bits per heavy atom. The molecule has 4 heteroatoms. The smallest absolute Gasteiger partial charge is 0.122 e. The normalized spacial score (nSPS) is 21.8. The average Bonchev–Trinajstić information content (AvgIpc) is 2.17. The Balaban J connectivity index is 2.79. The molecule has 0 bridgehead atoms. The molecule has 1 heterocycles. The van der Waals surface area contributed by atoms with Crippen LogP contribution in [0.3, 0.4) is 0 Å². The van der Waals surface area contributed by atoms with Crippen molar-refractivity contribution in [1.82, 2.24) is 9.80 Å². The topological polar surface area (TPSA) is 18.8 Å². The van der Waals surface area contributed by atoms with E-state index in [1.54, 1.807) is 6.20 Å². The van der Waals surface area contributed by atoms with Crippen LogP contribution in [-0.4, -0.2) is 38.8 Å². The predicted octanol–water partition coefficient (Wildman–Crippen LogP) is 2.46. The molecule has 0 aromatic rings. The summed E-state index contributed by atoms with van der Waals surface area (Å²) in [6.45, 7) is 14.7. The number of halogens is 1. The van der Waals surface area contributed by atoms with Gasteiger partial charge in [0.25, 0.3) is 0 Å². The van der Waals surface area contributed by atoms with Gasteiger partial charge in [0, 0.05) is 19.3 Å². The standard InChI is InChI=1S/C11H18IN3/c1-5-13-10-9-15(11(3,4)12)8-7-14(10)6-2/h5-6H,1-2,7-9H2,3-4H3. The van der Waals surface area contributed by atoms with Gasteiger partial charge in [0.05, 0.1) is 10.1 Å². The van der Waals surface area contributed by atoms with Crippen LogP contribution in [0.1, 0.15) is 13.8 Å². The van der Waals surface area contributed by atoms with Crippen molar-refractivity contribution < 1.29 is 0 Å². The fraction of sp³-hybridized carbons (Fsp3) is 0.545. The SMILES string of the molecule is C=CN=C1CN(C(C)(C)I)CCN1C=C. The van der Waals surface area contributed by atoms with E-state index in [1.807, 2.05) is 6.20 Å². The Morgan fingerprint density at radius 1 is 1.40 bits per heavy atom. The number of nitrogens with zero attached hydrogens (tertiary/aromatic N) is 3. The molecule has 84 valence electrons. The summed E-state index contributed by atoms with van der Waals surface area (Å²) in [5, 5.41) is 0. The van der Waals surface area contributed by atoms with Crippen LogP contribution in [0.5, 0.6) is 0 Å². The van der Waals surface area contributed by atoms with Crippen molar-refractivity contribution >= 4 is 28.4 Å². The minimum atomic E-state index is 0.160. The number of hydrogen-bond donors (Lipinski definition) is 0. The summed E-state index contributed by atoms with van der Waals surface area (Å²) in [7, 11) is 0. The maximum Gasteiger partial charge on any atom is 0.122 e. The molecule has 1 fully saturated rings. The highest BCUT2D eigenvalue weighted by molar-refractivity contribution is 14.1. The zero-order valence-corrected chi connectivity index (χ0v) is 11.6. The summed E-state index contributed by atoms with van der Waals surface area (Å²) in [4.78, 5) is 8.77. The maximum absolute atomic E-state index is 4.29. The zero-order chi connectivity index (χ0) is 11.5. The van der Waals surface area contributed by atoms with E-state index in [0.717, 1.165) is 25.5 Å². The molecule has 0 aromatic carbocycles. The van der Waals surface area contributed by atoms with Crippen molar-refractivity contribution in [3.63, 3.8) is 0 Å². The average molecular weight is 319 g/mol. The molecule has 0 aliphatic carbocycles. The highest BCUT2D eigenvalue weighted by Crippen LogP contribution is 2.24. The summed E-state index contributed by atoms with van der Waals surface area (Å²) < 4.78 is 0.160. The highest BCUT2D eigenvalue weighted by atomic mass is 127. The molecule has 3 nitrogen and oxygen atoms in total. The van der Waals surface area contributed by atoms with E-state index in [2.05, 4.69) is 64.4 Å². The fourth-order valence-corrected chi connectivity index (χ4v) is 1.98. The molecule has 0 radical (unpaired) electrons. The molecule has 15 heavy (non-hydrogen) atoms. The monoisotopic (exact) mass is 319 g/mol. The fourth-order valence-electron chi connectivity index (χ4n) is 1.57. The predicted molar refractivity (Wildman–Crippen MR) is 74.2 cm³/mol. The van der Waals surface area contributed by atoms with Crippen molar-refractivity contribution in [2.75, 3.05) is 19.6 Å². The van der Waals surface area contributed by atoms with Crippen LogP contribution < -0.4 is 0 Å². The zero-order valence-electron chi connectivity index (χ0n) is 9.41. The largest absolute Gasteiger partial charge is 0.335 e. The number of alkyl halides is 1. The van der Waals surface area contributed by atoms with Crippen LogP contribution in [0.15, 0.2) is 30.6 Å². The van der Waals surface area contributed by atoms with E-state index in [9.17, 15) is 0 Å². The third kappa shape index (κ3) is 3.31. The molecule has 0 unspecified atom stereocenters. The second kappa shape index (κ2) is 5.12. The van der Waals surface area contributed by atoms with Gasteiger partial charge in [0.1, 0.15) is 5.84 Å². The van der Waals surface area contributed by atoms with Gasteiger partial charge >= 0.3 is 0 Å². The lowest BCUT2D eigenvalue weighted by Crippen LogP contribution is -2.53. The van der Waals surface area contributed by atoms with Crippen molar-refractivity contribution in [2.24, 2.45) is 4.99 Å². The Bertz CT molecular complexity index is 278. The number of piperazine rings is 1. The molecule has 0 atom stereocenters. The van der Waals surface area contributed by atoms with E-state index in [1.165, 1.54) is 0 Å². The summed E-state index contributed by atoms with van der Waals surface area (Å²) in [6.07, 6.45) is 3.43. The Hall–Kier alpha value is -0.360. The van der Waals surface area contributed by atoms with Crippen LogP contribution in [0.2, 0.25) is 0 Å². The van der Waals surface area contributed by atoms with Gasteiger partial charge in [-0.3, -0.25) is 4.90 Å². The lowest BCUT2D eigenvalue weighted by atomic mass is 10.2. The van der Waals surface area contributed by atoms with Crippen molar-refractivity contribution in [1.29, 1.82) is 0 Å². The molecule has 1 aliphatic heterocycles. The van der Waals surface area contributed by atoms with E-state index in [4.69, 9.17) is 0 Å². The Kier molecular flexibility index (Phi) is 4.33. The first-order valence-corrected chi connectivity index (χ1v) is 6.07. The first kappa shape index (κ1) is 12.7. The maximum atomic E-state index is 4.29. The van der Waals surface area contributed by atoms with Gasteiger partial charge in [-0.15, -0.1) is 0 Å². The molecular weight excluding hydrogens is 301 g/mol. The molecule has 0 spiro atoms. The lowest BCUT2D eigenvalue weighted by molar-refractivity contribution is 0.200. The van der Waals surface area contributed by atoms with E-state index < -0.39 is 0 Å². The van der Waals surface area contributed by atoms with Gasteiger partial charge in [-0.25, -0.2) is 4.99 Å². The quantitative estimate of drug-likeness (QED) is 0.452. The minimum Gasteiger partial charge on any atom is -0.335 e. The number of rotatable bonds is 3. The van der Waals surface area contributed by atoms with E-state index >= 15 is 0 Å². The van der Waals surface area contributed by atoms with Crippen molar-refractivity contribution in [2.45, 2.75) is 17.4 Å². The number of aliphatic imine (C=N–C) groups is 1. The third-order valence-corrected chi connectivity index (χ3v) is 3.17. The highest BCUT2D eigenvalue weighted by Gasteiger charge is 2.29. The molecule has 1 saturated heterocycles. The van der Waals surface area contributed by atoms with Crippen molar-refractivity contribution in [3.8, 4) is 0 Å². The first-order valence-electron chi connectivity index (χ1n) is 4.99. The van der Waals surface area contributed by atoms with Gasteiger partial charge < -0.3 is 4.90 Å². The molecular formula is C11H18IN3. The Labute approximate surface area is 106 Å². The molecule has 1 rings (SSSR count). The van der Waals surface area contributed by atoms with Crippen molar-refractivity contribution in [3.05, 3.63) is 25.6 Å². The van der Waals surface area contributed by atoms with Gasteiger partial charge in [0.2, 0.25) is 0 Å². The lowest BCUT2D eigenvalue weighted by Gasteiger charge is -2.41. The van der Waals surface area contributed by atoms with Crippen LogP contribution >= 0.6 is 22.6 Å². The molecule has 0 amide bonds. The summed E-state index contributed by atoms with van der Waals surface area (Å²) >= 11 is 2.45. The summed E-state index contributed by atoms with van der Waals surface area (Å²) in [5.74, 6) is 1.02. The number of amidine groups is 1. The van der Waals surface area contributed by atoms with Crippen LogP contribution in [-0.2, 0) is 0 Å². The molecule has 0 saturated carbocycles. The minimum absolute atomic E-state index is 0.160. The molecule has 0 aromatic heterocycles. The molecule has 1 aliphatic rings. The summed E-state index contributed by atoms with van der Waals surface area (Å²) in [6, 6.07) is 0. The summed E-state index contributed by atoms with van der Waals surface area (Å²) in [5.41, 5.74) is 0. The van der Waals surface area contributed by atoms with Crippen LogP contribution in [0, 0.1) is 0 Å². The van der Waals surface area contributed by atoms with Crippen LogP contribution in [0.4, 0.5) is 0 Å². The first-order chi connectivity index (χ1) is 6.99. The third-order valence-electron chi connectivity index (χ3n) is 2.49. The molecule has 0 N–H and O–H groups in total. The van der Waals surface area contributed by atoms with E-state index in [0.29, 0.717) is 0 Å². The van der Waals surface area contributed by atoms with Gasteiger partial charge in [-0.2, -0.15) is 0 Å². The second-order valence-corrected chi connectivity index (χ2v) is 6.58. The van der Waals surface area contributed by atoms with Gasteiger partial charge in [-0.1, -0.05) is 35.7 Å². The van der Waals surface area contributed by atoms with Gasteiger partial charge in [-0.05, 0) is 20.0 Å².